The van der Waals surface area contributed by atoms with Gasteiger partial charge in [-0.25, -0.2) is 4.98 Å². The zero-order chi connectivity index (χ0) is 50.7. The van der Waals surface area contributed by atoms with Crippen LogP contribution < -0.4 is 0 Å². The summed E-state index contributed by atoms with van der Waals surface area (Å²) in [6.45, 7) is 14.3. The van der Waals surface area contributed by atoms with E-state index in [0.29, 0.717) is 32.4 Å². The van der Waals surface area contributed by atoms with Crippen molar-refractivity contribution in [3.8, 4) is 0 Å². The molecule has 13 atom stereocenters. The van der Waals surface area contributed by atoms with Crippen LogP contribution in [-0.4, -0.2) is 180 Å². The van der Waals surface area contributed by atoms with Crippen molar-refractivity contribution in [2.24, 2.45) is 0 Å². The highest BCUT2D eigenvalue weighted by atomic mass is 16.7. The first-order chi connectivity index (χ1) is 33.4. The van der Waals surface area contributed by atoms with E-state index in [1.54, 1.807) is 11.9 Å². The number of hydrogen-bond acceptors (Lipinski definition) is 16. The maximum Gasteiger partial charge on any atom is 0.222 e. The van der Waals surface area contributed by atoms with Crippen LogP contribution in [0.1, 0.15) is 122 Å². The molecule has 0 spiro atoms. The fourth-order valence-electron chi connectivity index (χ4n) is 10.1. The summed E-state index contributed by atoms with van der Waals surface area (Å²) < 4.78 is 28.8. The van der Waals surface area contributed by atoms with Crippen LogP contribution in [0.5, 0.6) is 0 Å². The Kier molecular flexibility index (Phi) is 17.7. The highest BCUT2D eigenvalue weighted by Gasteiger charge is 2.45. The van der Waals surface area contributed by atoms with Gasteiger partial charge in [0.2, 0.25) is 5.91 Å². The van der Waals surface area contributed by atoms with Gasteiger partial charge in [0.15, 0.2) is 12.6 Å². The molecule has 2 fully saturated rings. The molecule has 1 unspecified atom stereocenters. The molecule has 4 aliphatic heterocycles. The number of aryl methyl sites for hydroxylation is 3. The quantitative estimate of drug-likeness (QED) is 0.0821. The summed E-state index contributed by atoms with van der Waals surface area (Å²) >= 11 is 0. The van der Waals surface area contributed by atoms with Gasteiger partial charge in [0.1, 0.15) is 48.8 Å². The first kappa shape index (κ1) is 53.6. The molecule has 7 rings (SSSR count). The van der Waals surface area contributed by atoms with Crippen molar-refractivity contribution in [2.75, 3.05) is 46.6 Å². The number of aromatic amines is 2. The van der Waals surface area contributed by atoms with Gasteiger partial charge in [0, 0.05) is 77.5 Å². The number of aliphatic hydroxyl groups is 8. The summed E-state index contributed by atoms with van der Waals surface area (Å²) in [4.78, 5) is 33.2. The van der Waals surface area contributed by atoms with Crippen LogP contribution >= 0.6 is 0 Å². The molecular formula is C51H73N5O14. The molecule has 0 radical (unpaired) electrons. The fourth-order valence-corrected chi connectivity index (χ4v) is 10.1. The van der Waals surface area contributed by atoms with Gasteiger partial charge in [-0.15, -0.1) is 0 Å². The molecule has 0 aromatic carbocycles. The van der Waals surface area contributed by atoms with Gasteiger partial charge < -0.3 is 79.4 Å². The Bertz CT molecular complexity index is 2510. The lowest BCUT2D eigenvalue weighted by Gasteiger charge is -2.39. The molecule has 1 amide bonds. The zero-order valence-corrected chi connectivity index (χ0v) is 41.5. The number of aromatic nitrogens is 4. The first-order valence-electron chi connectivity index (χ1n) is 24.5. The monoisotopic (exact) mass is 980 g/mol. The topological polar surface area (TPSA) is 286 Å². The van der Waals surface area contributed by atoms with Gasteiger partial charge in [-0.3, -0.25) is 9.78 Å². The second-order valence-corrected chi connectivity index (χ2v) is 19.2. The largest absolute Gasteiger partial charge is 0.394 e. The summed E-state index contributed by atoms with van der Waals surface area (Å²) in [6, 6.07) is 6.33. The van der Waals surface area contributed by atoms with E-state index in [1.165, 1.54) is 5.56 Å². The summed E-state index contributed by atoms with van der Waals surface area (Å²) in [5.74, 6) is -0.228. The summed E-state index contributed by atoms with van der Waals surface area (Å²) in [5.41, 5.74) is 13.3. The second kappa shape index (κ2) is 23.1. The lowest BCUT2D eigenvalue weighted by atomic mass is 9.85. The number of amides is 1. The third-order valence-corrected chi connectivity index (χ3v) is 14.5. The molecule has 7 heterocycles. The molecule has 70 heavy (non-hydrogen) atoms. The lowest BCUT2D eigenvalue weighted by molar-refractivity contribution is -0.301. The van der Waals surface area contributed by atoms with Crippen LogP contribution in [0, 0.1) is 20.8 Å². The number of H-pyrrole nitrogens is 2. The van der Waals surface area contributed by atoms with Crippen LogP contribution in [0.2, 0.25) is 0 Å². The van der Waals surface area contributed by atoms with Crippen molar-refractivity contribution in [1.82, 2.24) is 24.8 Å². The van der Waals surface area contributed by atoms with Gasteiger partial charge in [0.05, 0.1) is 43.9 Å². The normalized spacial score (nSPS) is 28.5. The van der Waals surface area contributed by atoms with Crippen LogP contribution in [0.4, 0.5) is 0 Å². The first-order valence-corrected chi connectivity index (χ1v) is 24.5. The lowest BCUT2D eigenvalue weighted by Crippen LogP contribution is -2.59. The molecule has 0 aliphatic carbocycles. The van der Waals surface area contributed by atoms with Crippen molar-refractivity contribution in [3.63, 3.8) is 0 Å². The Balaban J connectivity index is 1.13. The second-order valence-electron chi connectivity index (χ2n) is 19.2. The van der Waals surface area contributed by atoms with E-state index in [2.05, 4.69) is 68.9 Å². The number of allylic oxidation sites excluding steroid dienone is 1. The summed E-state index contributed by atoms with van der Waals surface area (Å²) in [5, 5.41) is 80.3. The number of aliphatic hydroxyl groups excluding tert-OH is 8. The number of fused-ring (bicyclic) bond motifs is 8. The summed E-state index contributed by atoms with van der Waals surface area (Å²) in [6.07, 6.45) is -9.44. The number of ether oxygens (including phenoxy) is 5. The van der Waals surface area contributed by atoms with E-state index in [-0.39, 0.29) is 43.5 Å². The van der Waals surface area contributed by atoms with Crippen LogP contribution in [0.15, 0.2) is 18.2 Å². The number of carbonyl (C=O) groups is 1. The minimum Gasteiger partial charge on any atom is -0.394 e. The predicted octanol–water partition coefficient (Wildman–Crippen LogP) is 2.98. The van der Waals surface area contributed by atoms with E-state index in [0.717, 1.165) is 79.1 Å². The van der Waals surface area contributed by atoms with Gasteiger partial charge in [-0.05, 0) is 112 Å². The molecular weight excluding hydrogens is 907 g/mol. The number of rotatable bonds is 18. The van der Waals surface area contributed by atoms with E-state index in [1.807, 2.05) is 13.8 Å². The molecule has 4 aliphatic rings. The van der Waals surface area contributed by atoms with Crippen molar-refractivity contribution in [1.29, 1.82) is 0 Å². The Hall–Kier alpha value is -4.19. The molecule has 386 valence electrons. The minimum atomic E-state index is -1.54. The van der Waals surface area contributed by atoms with Gasteiger partial charge >= 0.3 is 0 Å². The Morgan fingerprint density at radius 3 is 1.97 bits per heavy atom. The minimum absolute atomic E-state index is 0.0568. The number of nitrogens with zero attached hydrogens (tertiary/aromatic N) is 3. The van der Waals surface area contributed by atoms with Crippen molar-refractivity contribution >= 4 is 39.6 Å². The van der Waals surface area contributed by atoms with Gasteiger partial charge in [-0.2, -0.15) is 0 Å². The molecule has 19 nitrogen and oxygen atoms in total. The van der Waals surface area contributed by atoms with Crippen LogP contribution in [0.3, 0.4) is 0 Å². The van der Waals surface area contributed by atoms with E-state index < -0.39 is 74.6 Å². The Labute approximate surface area is 408 Å². The van der Waals surface area contributed by atoms with Crippen molar-refractivity contribution in [2.45, 2.75) is 160 Å². The van der Waals surface area contributed by atoms with Crippen molar-refractivity contribution < 1.29 is 69.3 Å². The molecule has 19 heteroatoms. The maximum atomic E-state index is 13.7. The van der Waals surface area contributed by atoms with E-state index >= 15 is 0 Å². The van der Waals surface area contributed by atoms with Crippen LogP contribution in [-0.2, 0) is 34.9 Å². The predicted molar refractivity (Wildman–Crippen MR) is 259 cm³/mol. The van der Waals surface area contributed by atoms with Gasteiger partial charge in [0.25, 0.3) is 0 Å². The molecule has 10 N–H and O–H groups in total. The molecule has 0 saturated carbocycles. The van der Waals surface area contributed by atoms with Gasteiger partial charge in [-0.1, -0.05) is 13.8 Å². The zero-order valence-electron chi connectivity index (χ0n) is 41.5. The van der Waals surface area contributed by atoms with Crippen LogP contribution in [0.25, 0.3) is 33.7 Å². The highest BCUT2D eigenvalue weighted by Crippen LogP contribution is 2.42. The Morgan fingerprint density at radius 2 is 1.36 bits per heavy atom. The highest BCUT2D eigenvalue weighted by molar-refractivity contribution is 5.85. The average Bonchev–Trinajstić information content (AvgIpc) is 4.05. The van der Waals surface area contributed by atoms with Crippen molar-refractivity contribution in [3.05, 3.63) is 68.8 Å². The average molecular weight is 980 g/mol. The SMILES string of the molecule is CCc1c(C)c2cc3[nH]c(cc4nc(c(C)c5nc(cc1[nH]2)C(C)=C5)[C@@H](CCC(=O)N(C)CCCO[C@@H]1O[C@H](CO)[C@@H](O)[C@H](O)[C@H]1O)[C@@H]4C)c(C)c3C(C)OCCCO[C@@H]1O[C@H](CO)[C@@H](O)[C@H](O)[C@H]1O. The number of carbonyl (C=O) groups excluding carboxylic acids is 1. The fraction of sp³-hybridized carbons (Fsp3) is 0.627. The third-order valence-electron chi connectivity index (χ3n) is 14.5. The number of nitrogens with one attached hydrogen (secondary N) is 2. The molecule has 2 saturated heterocycles. The third kappa shape index (κ3) is 11.2. The summed E-state index contributed by atoms with van der Waals surface area (Å²) in [7, 11) is 1.73. The van der Waals surface area contributed by atoms with E-state index in [9.17, 15) is 45.6 Å². The van der Waals surface area contributed by atoms with E-state index in [4.69, 9.17) is 33.7 Å². The molecule has 3 aromatic heterocycles. The standard InChI is InChI=1S/C51H73N5O14/c1-9-30-25(3)34-21-38-42(29(7)66-16-11-17-68-51-49(65)47(63)45(61)40(23-58)70-51)27(5)36(54-38)20-35-26(4)31(43(55-35)28(6)33-18-24(2)32(52-33)19-37(30)53-34)12-13-41(59)56(8)14-10-15-67-50-48(64)46(62)44(60)39(22-57)69-50/h18-21,26,29,31,39-40,44-51,53-54,57-58,60-65H,9-17,22-23H2,1-8H3/t26-,29?,31-,39+,40+,44+,45+,46-,47-,48+,49+,50+,51+/m0/s1. The number of hydrogen-bond donors (Lipinski definition) is 10. The Morgan fingerprint density at radius 1 is 0.757 bits per heavy atom. The molecule has 3 aromatic rings. The smallest absolute Gasteiger partial charge is 0.222 e. The molecule has 8 bridgehead atoms. The maximum absolute atomic E-state index is 13.7.